The van der Waals surface area contributed by atoms with E-state index in [4.69, 9.17) is 0 Å². The number of rotatable bonds is 7. The molecular formula is C21H25FN6O2. The van der Waals surface area contributed by atoms with Gasteiger partial charge >= 0.3 is 0 Å². The highest BCUT2D eigenvalue weighted by molar-refractivity contribution is 6.15. The fourth-order valence-electron chi connectivity index (χ4n) is 2.95. The van der Waals surface area contributed by atoms with Crippen molar-refractivity contribution in [3.63, 3.8) is 0 Å². The highest BCUT2D eigenvalue weighted by atomic mass is 19.1. The van der Waals surface area contributed by atoms with Crippen molar-refractivity contribution in [1.82, 2.24) is 20.3 Å². The molecule has 3 rings (SSSR count). The van der Waals surface area contributed by atoms with Gasteiger partial charge in [-0.15, -0.1) is 0 Å². The second-order valence-electron chi connectivity index (χ2n) is 7.67. The Morgan fingerprint density at radius 2 is 2.10 bits per heavy atom. The predicted octanol–water partition coefficient (Wildman–Crippen LogP) is 2.35. The van der Waals surface area contributed by atoms with E-state index in [0.29, 0.717) is 45.9 Å². The van der Waals surface area contributed by atoms with Crippen LogP contribution < -0.4 is 10.6 Å². The Morgan fingerprint density at radius 1 is 1.33 bits per heavy atom. The van der Waals surface area contributed by atoms with E-state index in [1.54, 1.807) is 32.6 Å². The summed E-state index contributed by atoms with van der Waals surface area (Å²) in [6, 6.07) is 4.35. The van der Waals surface area contributed by atoms with Crippen LogP contribution in [0.15, 0.2) is 35.6 Å². The fourth-order valence-corrected chi connectivity index (χ4v) is 2.95. The zero-order valence-electron chi connectivity index (χ0n) is 17.4. The SMILES string of the molecule is CN=C(c1cnc2[nH]cc(C(=O)NCC(C)(C)CO)c2n1)c1ccc(F)cc1NC. The minimum absolute atomic E-state index is 0.0487. The number of H-pyrrole nitrogens is 1. The molecule has 2 aromatic heterocycles. The number of carbonyl (C=O) groups is 1. The Labute approximate surface area is 173 Å². The van der Waals surface area contributed by atoms with E-state index in [1.165, 1.54) is 12.1 Å². The summed E-state index contributed by atoms with van der Waals surface area (Å²) in [4.78, 5) is 28.9. The molecular weight excluding hydrogens is 387 g/mol. The number of aromatic nitrogens is 3. The summed E-state index contributed by atoms with van der Waals surface area (Å²) < 4.78 is 13.6. The molecule has 0 aliphatic heterocycles. The van der Waals surface area contributed by atoms with Gasteiger partial charge in [0.05, 0.1) is 17.5 Å². The molecule has 4 N–H and O–H groups in total. The van der Waals surface area contributed by atoms with E-state index in [2.05, 4.69) is 30.6 Å². The zero-order chi connectivity index (χ0) is 21.9. The fraction of sp³-hybridized carbons (Fsp3) is 0.333. The lowest BCUT2D eigenvalue weighted by molar-refractivity contribution is 0.0912. The van der Waals surface area contributed by atoms with Crippen molar-refractivity contribution in [3.8, 4) is 0 Å². The largest absolute Gasteiger partial charge is 0.396 e. The summed E-state index contributed by atoms with van der Waals surface area (Å²) in [5.74, 6) is -0.683. The minimum atomic E-state index is -0.438. The Morgan fingerprint density at radius 3 is 2.77 bits per heavy atom. The minimum Gasteiger partial charge on any atom is -0.396 e. The standard InChI is InChI=1S/C21H25FN6O2/c1-21(2,11-29)10-27-20(30)14-8-25-19-18(14)28-16(9-26-19)17(24-4)13-6-5-12(22)7-15(13)23-3/h5-9,23,29H,10-11H2,1-4H3,(H,25,26)(H,27,30). The second-order valence-corrected chi connectivity index (χ2v) is 7.67. The quantitative estimate of drug-likeness (QED) is 0.445. The van der Waals surface area contributed by atoms with Crippen molar-refractivity contribution in [1.29, 1.82) is 0 Å². The molecule has 1 amide bonds. The van der Waals surface area contributed by atoms with Gasteiger partial charge in [-0.05, 0) is 18.2 Å². The van der Waals surface area contributed by atoms with Crippen LogP contribution in [-0.2, 0) is 0 Å². The highest BCUT2D eigenvalue weighted by Gasteiger charge is 2.21. The van der Waals surface area contributed by atoms with E-state index < -0.39 is 5.41 Å². The molecule has 0 aliphatic rings. The molecule has 0 fully saturated rings. The molecule has 8 nitrogen and oxygen atoms in total. The summed E-state index contributed by atoms with van der Waals surface area (Å²) in [5.41, 5.74) is 2.98. The summed E-state index contributed by atoms with van der Waals surface area (Å²) in [5, 5.41) is 15.2. The topological polar surface area (TPSA) is 115 Å². The van der Waals surface area contributed by atoms with Gasteiger partial charge in [0.2, 0.25) is 0 Å². The summed E-state index contributed by atoms with van der Waals surface area (Å²) in [6.07, 6.45) is 3.11. The molecule has 9 heteroatoms. The molecule has 0 unspecified atom stereocenters. The highest BCUT2D eigenvalue weighted by Crippen LogP contribution is 2.22. The number of aliphatic hydroxyl groups is 1. The van der Waals surface area contributed by atoms with Crippen LogP contribution in [0.1, 0.15) is 35.5 Å². The van der Waals surface area contributed by atoms with Gasteiger partial charge in [0, 0.05) is 50.1 Å². The van der Waals surface area contributed by atoms with Crippen molar-refractivity contribution in [3.05, 3.63) is 53.2 Å². The molecule has 2 heterocycles. The first-order valence-electron chi connectivity index (χ1n) is 9.47. The van der Waals surface area contributed by atoms with Crippen LogP contribution in [-0.4, -0.2) is 58.9 Å². The number of benzene rings is 1. The third-order valence-corrected chi connectivity index (χ3v) is 4.75. The first-order chi connectivity index (χ1) is 14.3. The third kappa shape index (κ3) is 4.30. The van der Waals surface area contributed by atoms with Crippen LogP contribution in [0.25, 0.3) is 11.2 Å². The maximum Gasteiger partial charge on any atom is 0.255 e. The molecule has 0 spiro atoms. The van der Waals surface area contributed by atoms with E-state index in [1.807, 2.05) is 13.8 Å². The van der Waals surface area contributed by atoms with Crippen molar-refractivity contribution in [2.75, 3.05) is 32.6 Å². The van der Waals surface area contributed by atoms with Gasteiger partial charge in [0.25, 0.3) is 5.91 Å². The van der Waals surface area contributed by atoms with Crippen molar-refractivity contribution in [2.45, 2.75) is 13.8 Å². The molecule has 0 bridgehead atoms. The number of aliphatic hydroxyl groups excluding tert-OH is 1. The second kappa shape index (κ2) is 8.58. The lowest BCUT2D eigenvalue weighted by Crippen LogP contribution is -2.36. The van der Waals surface area contributed by atoms with Gasteiger partial charge in [0.1, 0.15) is 17.0 Å². The lowest BCUT2D eigenvalue weighted by atomic mass is 9.95. The number of carbonyl (C=O) groups excluding carboxylic acids is 1. The van der Waals surface area contributed by atoms with Gasteiger partial charge in [-0.3, -0.25) is 9.79 Å². The Bertz CT molecular complexity index is 1110. The lowest BCUT2D eigenvalue weighted by Gasteiger charge is -2.21. The number of nitrogens with zero attached hydrogens (tertiary/aromatic N) is 3. The first kappa shape index (κ1) is 21.4. The normalized spacial score (nSPS) is 12.3. The van der Waals surface area contributed by atoms with Crippen molar-refractivity contribution >= 4 is 28.5 Å². The number of fused-ring (bicyclic) bond motifs is 1. The van der Waals surface area contributed by atoms with Gasteiger partial charge in [-0.2, -0.15) is 0 Å². The molecule has 0 saturated heterocycles. The van der Waals surface area contributed by atoms with Gasteiger partial charge in [-0.1, -0.05) is 13.8 Å². The monoisotopic (exact) mass is 412 g/mol. The number of halogens is 1. The van der Waals surface area contributed by atoms with Crippen LogP contribution in [0.2, 0.25) is 0 Å². The average Bonchev–Trinajstić information content (AvgIpc) is 3.17. The van der Waals surface area contributed by atoms with Gasteiger partial charge in [-0.25, -0.2) is 14.4 Å². The Balaban J connectivity index is 1.99. The smallest absolute Gasteiger partial charge is 0.255 e. The number of hydrogen-bond acceptors (Lipinski definition) is 6. The molecule has 0 atom stereocenters. The molecule has 1 aromatic carbocycles. The molecule has 3 aromatic rings. The van der Waals surface area contributed by atoms with Crippen LogP contribution in [0.4, 0.5) is 10.1 Å². The van der Waals surface area contributed by atoms with E-state index in [9.17, 15) is 14.3 Å². The number of aromatic amines is 1. The number of aliphatic imine (C=N–C) groups is 1. The third-order valence-electron chi connectivity index (χ3n) is 4.75. The van der Waals surface area contributed by atoms with E-state index in [0.717, 1.165) is 0 Å². The molecule has 0 saturated carbocycles. The van der Waals surface area contributed by atoms with Crippen LogP contribution in [0.3, 0.4) is 0 Å². The first-order valence-corrected chi connectivity index (χ1v) is 9.47. The van der Waals surface area contributed by atoms with Crippen LogP contribution in [0, 0.1) is 11.2 Å². The van der Waals surface area contributed by atoms with Crippen LogP contribution >= 0.6 is 0 Å². The van der Waals surface area contributed by atoms with Crippen LogP contribution in [0.5, 0.6) is 0 Å². The maximum absolute atomic E-state index is 13.6. The van der Waals surface area contributed by atoms with Gasteiger partial charge in [0.15, 0.2) is 5.65 Å². The zero-order valence-corrected chi connectivity index (χ0v) is 17.4. The number of nitrogens with one attached hydrogen (secondary N) is 3. The Hall–Kier alpha value is -3.33. The summed E-state index contributed by atoms with van der Waals surface area (Å²) in [6.45, 7) is 3.97. The molecule has 30 heavy (non-hydrogen) atoms. The van der Waals surface area contributed by atoms with Crippen molar-refractivity contribution < 1.29 is 14.3 Å². The molecule has 158 valence electrons. The Kier molecular flexibility index (Phi) is 6.12. The number of amides is 1. The number of hydrogen-bond donors (Lipinski definition) is 4. The molecule has 0 aliphatic carbocycles. The summed E-state index contributed by atoms with van der Waals surface area (Å²) >= 11 is 0. The number of anilines is 1. The predicted molar refractivity (Wildman–Crippen MR) is 115 cm³/mol. The summed E-state index contributed by atoms with van der Waals surface area (Å²) in [7, 11) is 3.31. The van der Waals surface area contributed by atoms with Gasteiger partial charge < -0.3 is 20.7 Å². The van der Waals surface area contributed by atoms with E-state index >= 15 is 0 Å². The maximum atomic E-state index is 13.6. The molecule has 0 radical (unpaired) electrons. The average molecular weight is 412 g/mol. The van der Waals surface area contributed by atoms with E-state index in [-0.39, 0.29) is 18.3 Å². The van der Waals surface area contributed by atoms with Crippen molar-refractivity contribution in [2.24, 2.45) is 10.4 Å².